The van der Waals surface area contributed by atoms with Gasteiger partial charge < -0.3 is 10.6 Å². The summed E-state index contributed by atoms with van der Waals surface area (Å²) >= 11 is 0. The number of carbonyl (C=O) groups is 1. The Hall–Kier alpha value is -0.570. The average molecular weight is 198 g/mol. The molecular formula is C11H22N2O. The van der Waals surface area contributed by atoms with Crippen LogP contribution in [-0.2, 0) is 4.79 Å². The lowest BCUT2D eigenvalue weighted by Crippen LogP contribution is -2.43. The Bertz CT molecular complexity index is 190. The molecule has 0 aromatic carbocycles. The fourth-order valence-corrected chi connectivity index (χ4v) is 1.85. The minimum Gasteiger partial charge on any atom is -0.343 e. The summed E-state index contributed by atoms with van der Waals surface area (Å²) in [6, 6.07) is 0.517. The van der Waals surface area contributed by atoms with Crippen molar-refractivity contribution in [2.24, 2.45) is 11.7 Å². The third kappa shape index (κ3) is 2.71. The van der Waals surface area contributed by atoms with Crippen LogP contribution in [0, 0.1) is 5.92 Å². The van der Waals surface area contributed by atoms with E-state index in [2.05, 4.69) is 0 Å². The van der Waals surface area contributed by atoms with Gasteiger partial charge in [0.05, 0.1) is 0 Å². The maximum atomic E-state index is 11.9. The molecule has 0 aromatic rings. The van der Waals surface area contributed by atoms with Crippen molar-refractivity contribution >= 4 is 5.91 Å². The molecule has 0 aromatic heterocycles. The van der Waals surface area contributed by atoms with Crippen LogP contribution in [0.5, 0.6) is 0 Å². The quantitative estimate of drug-likeness (QED) is 0.725. The van der Waals surface area contributed by atoms with E-state index >= 15 is 0 Å². The van der Waals surface area contributed by atoms with E-state index in [0.29, 0.717) is 18.5 Å². The zero-order chi connectivity index (χ0) is 10.6. The summed E-state index contributed by atoms with van der Waals surface area (Å²) in [5.41, 5.74) is 5.43. The van der Waals surface area contributed by atoms with Crippen LogP contribution in [0.4, 0.5) is 0 Å². The first-order chi connectivity index (χ1) is 6.66. The maximum Gasteiger partial charge on any atom is 0.225 e. The van der Waals surface area contributed by atoms with E-state index in [-0.39, 0.29) is 5.92 Å². The minimum absolute atomic E-state index is 0.143. The van der Waals surface area contributed by atoms with E-state index in [4.69, 9.17) is 5.73 Å². The monoisotopic (exact) mass is 198 g/mol. The minimum atomic E-state index is 0.143. The van der Waals surface area contributed by atoms with Crippen LogP contribution in [0.2, 0.25) is 0 Å². The highest BCUT2D eigenvalue weighted by Crippen LogP contribution is 2.25. The van der Waals surface area contributed by atoms with Crippen molar-refractivity contribution in [3.05, 3.63) is 0 Å². The van der Waals surface area contributed by atoms with Crippen molar-refractivity contribution in [3.8, 4) is 0 Å². The second-order valence-corrected chi connectivity index (χ2v) is 4.37. The maximum absolute atomic E-state index is 11.9. The van der Waals surface area contributed by atoms with Crippen molar-refractivity contribution in [1.29, 1.82) is 0 Å². The molecule has 1 saturated carbocycles. The molecule has 0 heterocycles. The largest absolute Gasteiger partial charge is 0.343 e. The summed E-state index contributed by atoms with van der Waals surface area (Å²) in [7, 11) is 1.94. The summed E-state index contributed by atoms with van der Waals surface area (Å²) in [4.78, 5) is 13.8. The summed E-state index contributed by atoms with van der Waals surface area (Å²) in [5, 5.41) is 0. The number of nitrogens with two attached hydrogens (primary N) is 1. The van der Waals surface area contributed by atoms with Crippen LogP contribution >= 0.6 is 0 Å². The zero-order valence-corrected chi connectivity index (χ0v) is 9.33. The second-order valence-electron chi connectivity index (χ2n) is 4.37. The summed E-state index contributed by atoms with van der Waals surface area (Å²) in [5.74, 6) is 0.437. The predicted molar refractivity (Wildman–Crippen MR) is 57.9 cm³/mol. The number of nitrogens with zero attached hydrogens (tertiary/aromatic N) is 1. The molecule has 82 valence electrons. The molecule has 1 unspecified atom stereocenters. The molecule has 3 nitrogen and oxygen atoms in total. The third-order valence-corrected chi connectivity index (χ3v) is 3.23. The van der Waals surface area contributed by atoms with Gasteiger partial charge in [-0.2, -0.15) is 0 Å². The van der Waals surface area contributed by atoms with Crippen molar-refractivity contribution < 1.29 is 4.79 Å². The Labute approximate surface area is 86.6 Å². The molecule has 2 N–H and O–H groups in total. The van der Waals surface area contributed by atoms with Crippen molar-refractivity contribution in [3.63, 3.8) is 0 Å². The van der Waals surface area contributed by atoms with Crippen molar-refractivity contribution in [1.82, 2.24) is 4.90 Å². The van der Waals surface area contributed by atoms with Gasteiger partial charge in [0.1, 0.15) is 0 Å². The lowest BCUT2D eigenvalue weighted by Gasteiger charge is -2.36. The fourth-order valence-electron chi connectivity index (χ4n) is 1.85. The second kappa shape index (κ2) is 5.35. The molecule has 1 atom stereocenters. The van der Waals surface area contributed by atoms with E-state index in [0.717, 1.165) is 12.8 Å². The highest BCUT2D eigenvalue weighted by molar-refractivity contribution is 5.78. The Morgan fingerprint density at radius 1 is 1.57 bits per heavy atom. The predicted octanol–water partition coefficient (Wildman–Crippen LogP) is 1.37. The summed E-state index contributed by atoms with van der Waals surface area (Å²) < 4.78 is 0. The lowest BCUT2D eigenvalue weighted by atomic mass is 9.90. The van der Waals surface area contributed by atoms with Crippen LogP contribution < -0.4 is 5.73 Å². The summed E-state index contributed by atoms with van der Waals surface area (Å²) in [6.07, 6.45) is 5.52. The Morgan fingerprint density at radius 2 is 2.21 bits per heavy atom. The van der Waals surface area contributed by atoms with Gasteiger partial charge in [0, 0.05) is 19.0 Å². The Balaban J connectivity index is 2.30. The number of hydrogen-bond donors (Lipinski definition) is 1. The van der Waals surface area contributed by atoms with Crippen molar-refractivity contribution in [2.45, 2.75) is 45.1 Å². The molecule has 1 rings (SSSR count). The Kier molecular flexibility index (Phi) is 4.39. The smallest absolute Gasteiger partial charge is 0.225 e. The molecule has 1 aliphatic carbocycles. The van der Waals surface area contributed by atoms with Gasteiger partial charge in [-0.05, 0) is 38.6 Å². The van der Waals surface area contributed by atoms with Crippen LogP contribution in [0.1, 0.15) is 39.0 Å². The number of rotatable bonds is 5. The molecule has 3 heteroatoms. The number of hydrogen-bond acceptors (Lipinski definition) is 2. The van der Waals surface area contributed by atoms with Gasteiger partial charge in [0.25, 0.3) is 0 Å². The first-order valence-corrected chi connectivity index (χ1v) is 5.63. The lowest BCUT2D eigenvalue weighted by molar-refractivity contribution is -0.137. The molecule has 14 heavy (non-hydrogen) atoms. The van der Waals surface area contributed by atoms with E-state index in [9.17, 15) is 4.79 Å². The SMILES string of the molecule is CC(CCCN)C(=O)N(C)C1CCC1. The van der Waals surface area contributed by atoms with Crippen LogP contribution in [-0.4, -0.2) is 30.4 Å². The van der Waals surface area contributed by atoms with Gasteiger partial charge in [-0.15, -0.1) is 0 Å². The molecular weight excluding hydrogens is 176 g/mol. The molecule has 0 bridgehead atoms. The molecule has 0 radical (unpaired) electrons. The van der Waals surface area contributed by atoms with Gasteiger partial charge in [-0.1, -0.05) is 6.92 Å². The normalized spacial score (nSPS) is 18.8. The van der Waals surface area contributed by atoms with Gasteiger partial charge in [0.15, 0.2) is 0 Å². The number of carbonyl (C=O) groups excluding carboxylic acids is 1. The molecule has 0 aliphatic heterocycles. The fraction of sp³-hybridized carbons (Fsp3) is 0.909. The van der Waals surface area contributed by atoms with Crippen LogP contribution in [0.15, 0.2) is 0 Å². The van der Waals surface area contributed by atoms with E-state index in [1.807, 2.05) is 18.9 Å². The van der Waals surface area contributed by atoms with Gasteiger partial charge in [-0.25, -0.2) is 0 Å². The highest BCUT2D eigenvalue weighted by atomic mass is 16.2. The Morgan fingerprint density at radius 3 is 2.64 bits per heavy atom. The van der Waals surface area contributed by atoms with Gasteiger partial charge >= 0.3 is 0 Å². The average Bonchev–Trinajstić information content (AvgIpc) is 2.10. The van der Waals surface area contributed by atoms with E-state index in [1.54, 1.807) is 0 Å². The zero-order valence-electron chi connectivity index (χ0n) is 9.33. The van der Waals surface area contributed by atoms with E-state index < -0.39 is 0 Å². The van der Waals surface area contributed by atoms with Crippen LogP contribution in [0.3, 0.4) is 0 Å². The van der Waals surface area contributed by atoms with Crippen LogP contribution in [0.25, 0.3) is 0 Å². The standard InChI is InChI=1S/C11H22N2O/c1-9(5-4-8-12)11(14)13(2)10-6-3-7-10/h9-10H,3-8,12H2,1-2H3. The van der Waals surface area contributed by atoms with Gasteiger partial charge in [0.2, 0.25) is 5.91 Å². The molecule has 1 amide bonds. The molecule has 1 aliphatic rings. The molecule has 1 fully saturated rings. The van der Waals surface area contributed by atoms with Crippen molar-refractivity contribution in [2.75, 3.05) is 13.6 Å². The number of amides is 1. The van der Waals surface area contributed by atoms with E-state index in [1.165, 1.54) is 19.3 Å². The third-order valence-electron chi connectivity index (χ3n) is 3.23. The van der Waals surface area contributed by atoms with Gasteiger partial charge in [-0.3, -0.25) is 4.79 Å². The molecule has 0 spiro atoms. The first-order valence-electron chi connectivity index (χ1n) is 5.63. The highest BCUT2D eigenvalue weighted by Gasteiger charge is 2.27. The molecule has 0 saturated heterocycles. The topological polar surface area (TPSA) is 46.3 Å². The summed E-state index contributed by atoms with van der Waals surface area (Å²) in [6.45, 7) is 2.69. The first kappa shape index (κ1) is 11.5.